The van der Waals surface area contributed by atoms with Crippen molar-refractivity contribution in [2.45, 2.75) is 25.8 Å². The maximum absolute atomic E-state index is 10.4. The highest BCUT2D eigenvalue weighted by Crippen LogP contribution is 2.08. The molecule has 0 saturated carbocycles. The van der Waals surface area contributed by atoms with Crippen LogP contribution < -0.4 is 5.32 Å². The van der Waals surface area contributed by atoms with Crippen LogP contribution in [0.1, 0.15) is 19.8 Å². The number of carbonyl (C=O) groups is 1. The van der Waals surface area contributed by atoms with Crippen molar-refractivity contribution in [3.05, 3.63) is 11.6 Å². The highest BCUT2D eigenvalue weighted by molar-refractivity contribution is 5.87. The van der Waals surface area contributed by atoms with Gasteiger partial charge in [-0.15, -0.1) is 0 Å². The molecule has 0 saturated heterocycles. The van der Waals surface area contributed by atoms with Gasteiger partial charge in [-0.25, -0.2) is 4.79 Å². The first kappa shape index (κ1) is 8.27. The predicted molar refractivity (Wildman–Crippen MR) is 42.4 cm³/mol. The lowest BCUT2D eigenvalue weighted by molar-refractivity contribution is -0.132. The summed E-state index contributed by atoms with van der Waals surface area (Å²) in [6, 6.07) is 0.470. The Bertz CT molecular complexity index is 187. The van der Waals surface area contributed by atoms with E-state index in [1.165, 1.54) is 0 Å². The monoisotopic (exact) mass is 155 g/mol. The van der Waals surface area contributed by atoms with E-state index in [-0.39, 0.29) is 0 Å². The summed E-state index contributed by atoms with van der Waals surface area (Å²) < 4.78 is 0. The Kier molecular flexibility index (Phi) is 2.65. The van der Waals surface area contributed by atoms with E-state index in [0.29, 0.717) is 18.2 Å². The molecule has 3 nitrogen and oxygen atoms in total. The molecule has 3 heteroatoms. The average molecular weight is 155 g/mol. The van der Waals surface area contributed by atoms with Gasteiger partial charge in [0.15, 0.2) is 0 Å². The molecule has 62 valence electrons. The second kappa shape index (κ2) is 3.53. The zero-order valence-corrected chi connectivity index (χ0v) is 6.63. The maximum Gasteiger partial charge on any atom is 0.332 e. The Morgan fingerprint density at radius 3 is 3.00 bits per heavy atom. The molecule has 1 heterocycles. The number of aliphatic carboxylic acids is 1. The molecule has 2 N–H and O–H groups in total. The second-order valence-corrected chi connectivity index (χ2v) is 2.76. The van der Waals surface area contributed by atoms with Crippen molar-refractivity contribution < 1.29 is 9.90 Å². The van der Waals surface area contributed by atoms with Crippen molar-refractivity contribution in [3.8, 4) is 0 Å². The van der Waals surface area contributed by atoms with Gasteiger partial charge in [0.25, 0.3) is 0 Å². The summed E-state index contributed by atoms with van der Waals surface area (Å²) in [7, 11) is 0. The summed E-state index contributed by atoms with van der Waals surface area (Å²) in [6.07, 6.45) is 3.72. The minimum Gasteiger partial charge on any atom is -0.478 e. The van der Waals surface area contributed by atoms with Crippen LogP contribution >= 0.6 is 0 Å². The van der Waals surface area contributed by atoms with E-state index < -0.39 is 5.97 Å². The maximum atomic E-state index is 10.4. The smallest absolute Gasteiger partial charge is 0.332 e. The van der Waals surface area contributed by atoms with E-state index in [9.17, 15) is 4.79 Å². The van der Waals surface area contributed by atoms with Gasteiger partial charge in [0.2, 0.25) is 0 Å². The molecule has 0 amide bonds. The topological polar surface area (TPSA) is 49.3 Å². The minimum atomic E-state index is -0.799. The Balaban J connectivity index is 2.50. The molecule has 11 heavy (non-hydrogen) atoms. The highest BCUT2D eigenvalue weighted by Gasteiger charge is 2.15. The Morgan fingerprint density at radius 1 is 1.91 bits per heavy atom. The minimum absolute atomic E-state index is 0.470. The molecule has 1 rings (SSSR count). The number of carboxylic acid groups (broad SMARTS) is 1. The molecule has 1 aliphatic heterocycles. The summed E-state index contributed by atoms with van der Waals surface area (Å²) in [6.45, 7) is 2.60. The third-order valence-corrected chi connectivity index (χ3v) is 2.00. The SMILES string of the molecule is CC[C@@H]1CC=C(C(=O)O)CN1. The molecule has 0 radical (unpaired) electrons. The first-order valence-corrected chi connectivity index (χ1v) is 3.89. The lowest BCUT2D eigenvalue weighted by Gasteiger charge is -2.20. The Labute approximate surface area is 66.1 Å². The van der Waals surface area contributed by atoms with E-state index in [1.807, 2.05) is 6.08 Å². The van der Waals surface area contributed by atoms with Crippen LogP contribution in [0.4, 0.5) is 0 Å². The Morgan fingerprint density at radius 2 is 2.64 bits per heavy atom. The summed E-state index contributed by atoms with van der Waals surface area (Å²) in [4.78, 5) is 10.4. The van der Waals surface area contributed by atoms with E-state index in [2.05, 4.69) is 12.2 Å². The van der Waals surface area contributed by atoms with Crippen LogP contribution in [0.3, 0.4) is 0 Å². The van der Waals surface area contributed by atoms with E-state index in [0.717, 1.165) is 12.8 Å². The number of hydrogen-bond acceptors (Lipinski definition) is 2. The molecular weight excluding hydrogens is 142 g/mol. The molecule has 0 aromatic carbocycles. The number of hydrogen-bond donors (Lipinski definition) is 2. The Hall–Kier alpha value is -0.830. The summed E-state index contributed by atoms with van der Waals surface area (Å²) in [5.74, 6) is -0.799. The quantitative estimate of drug-likeness (QED) is 0.619. The molecule has 0 spiro atoms. The number of carboxylic acids is 1. The third kappa shape index (κ3) is 2.05. The van der Waals surface area contributed by atoms with Gasteiger partial charge in [-0.3, -0.25) is 0 Å². The van der Waals surface area contributed by atoms with Crippen molar-refractivity contribution in [2.24, 2.45) is 0 Å². The van der Waals surface area contributed by atoms with Crippen molar-refractivity contribution in [3.63, 3.8) is 0 Å². The van der Waals surface area contributed by atoms with Gasteiger partial charge in [-0.2, -0.15) is 0 Å². The first-order valence-electron chi connectivity index (χ1n) is 3.89. The van der Waals surface area contributed by atoms with Crippen LogP contribution in [-0.2, 0) is 4.79 Å². The van der Waals surface area contributed by atoms with Crippen LogP contribution in [0.2, 0.25) is 0 Å². The van der Waals surface area contributed by atoms with Crippen LogP contribution in [0.5, 0.6) is 0 Å². The fourth-order valence-corrected chi connectivity index (χ4v) is 1.17. The summed E-state index contributed by atoms with van der Waals surface area (Å²) in [5.41, 5.74) is 0.495. The van der Waals surface area contributed by atoms with Crippen LogP contribution in [0.15, 0.2) is 11.6 Å². The van der Waals surface area contributed by atoms with E-state index >= 15 is 0 Å². The van der Waals surface area contributed by atoms with Crippen molar-refractivity contribution in [2.75, 3.05) is 6.54 Å². The lowest BCUT2D eigenvalue weighted by atomic mass is 10.0. The molecule has 1 aliphatic rings. The summed E-state index contributed by atoms with van der Waals surface area (Å²) in [5, 5.41) is 11.7. The normalized spacial score (nSPS) is 24.5. The third-order valence-electron chi connectivity index (χ3n) is 2.00. The number of rotatable bonds is 2. The molecule has 0 fully saturated rings. The first-order chi connectivity index (χ1) is 5.24. The van der Waals surface area contributed by atoms with Crippen molar-refractivity contribution in [1.82, 2.24) is 5.32 Å². The van der Waals surface area contributed by atoms with Gasteiger partial charge in [-0.1, -0.05) is 13.0 Å². The van der Waals surface area contributed by atoms with Gasteiger partial charge in [0.1, 0.15) is 0 Å². The van der Waals surface area contributed by atoms with Gasteiger partial charge in [-0.05, 0) is 12.8 Å². The standard InChI is InChI=1S/C8H13NO2/c1-2-7-4-3-6(5-9-7)8(10)11/h3,7,9H,2,4-5H2,1H3,(H,10,11)/t7-/m1/s1. The van der Waals surface area contributed by atoms with Crippen LogP contribution in [0.25, 0.3) is 0 Å². The van der Waals surface area contributed by atoms with Crippen molar-refractivity contribution in [1.29, 1.82) is 0 Å². The lowest BCUT2D eigenvalue weighted by Crippen LogP contribution is -2.34. The zero-order chi connectivity index (χ0) is 8.27. The van der Waals surface area contributed by atoms with Crippen molar-refractivity contribution >= 4 is 5.97 Å². The predicted octanol–water partition coefficient (Wildman–Crippen LogP) is 0.769. The van der Waals surface area contributed by atoms with E-state index in [1.54, 1.807) is 0 Å². The number of nitrogens with one attached hydrogen (secondary N) is 1. The van der Waals surface area contributed by atoms with E-state index in [4.69, 9.17) is 5.11 Å². The summed E-state index contributed by atoms with van der Waals surface area (Å²) >= 11 is 0. The van der Waals surface area contributed by atoms with Crippen LogP contribution in [-0.4, -0.2) is 23.7 Å². The highest BCUT2D eigenvalue weighted by atomic mass is 16.4. The second-order valence-electron chi connectivity index (χ2n) is 2.76. The zero-order valence-electron chi connectivity index (χ0n) is 6.63. The van der Waals surface area contributed by atoms with Gasteiger partial charge in [0.05, 0.1) is 0 Å². The largest absolute Gasteiger partial charge is 0.478 e. The molecule has 0 aliphatic carbocycles. The molecule has 0 aromatic heterocycles. The molecular formula is C8H13NO2. The molecule has 0 bridgehead atoms. The molecule has 0 aromatic rings. The fourth-order valence-electron chi connectivity index (χ4n) is 1.17. The van der Waals surface area contributed by atoms with Gasteiger partial charge < -0.3 is 10.4 Å². The van der Waals surface area contributed by atoms with Gasteiger partial charge in [0, 0.05) is 18.2 Å². The average Bonchev–Trinajstić information content (AvgIpc) is 2.05. The molecule has 0 unspecified atom stereocenters. The fraction of sp³-hybridized carbons (Fsp3) is 0.625. The van der Waals surface area contributed by atoms with Gasteiger partial charge >= 0.3 is 5.97 Å². The molecule has 1 atom stereocenters. The van der Waals surface area contributed by atoms with Crippen LogP contribution in [0, 0.1) is 0 Å².